The third-order valence-corrected chi connectivity index (χ3v) is 5.20. The number of hydrogen-bond acceptors (Lipinski definition) is 5. The van der Waals surface area contributed by atoms with Crippen molar-refractivity contribution in [1.82, 2.24) is 20.1 Å². The summed E-state index contributed by atoms with van der Waals surface area (Å²) < 4.78 is 7.50. The van der Waals surface area contributed by atoms with Gasteiger partial charge in [0.1, 0.15) is 0 Å². The Balaban J connectivity index is 1.60. The summed E-state index contributed by atoms with van der Waals surface area (Å²) in [6, 6.07) is 7.52. The zero-order valence-electron chi connectivity index (χ0n) is 14.1. The minimum atomic E-state index is -0.0181. The lowest BCUT2D eigenvalue weighted by Crippen LogP contribution is -2.32. The van der Waals surface area contributed by atoms with Gasteiger partial charge in [0.25, 0.3) is 0 Å². The first-order chi connectivity index (χ1) is 12.2. The Morgan fingerprint density at radius 2 is 2.36 bits per heavy atom. The quantitative estimate of drug-likeness (QED) is 0.748. The molecule has 1 unspecified atom stereocenters. The lowest BCUT2D eigenvalue weighted by atomic mass is 10.2. The maximum Gasteiger partial charge on any atom is 0.230 e. The molecule has 1 aliphatic rings. The van der Waals surface area contributed by atoms with Gasteiger partial charge in [-0.2, -0.15) is 0 Å². The molecule has 25 heavy (non-hydrogen) atoms. The van der Waals surface area contributed by atoms with E-state index < -0.39 is 0 Å². The van der Waals surface area contributed by atoms with Crippen molar-refractivity contribution in [2.75, 3.05) is 18.9 Å². The number of thioether (sulfide) groups is 1. The molecule has 6 nitrogen and oxygen atoms in total. The van der Waals surface area contributed by atoms with Crippen LogP contribution in [0.25, 0.3) is 11.4 Å². The number of hydrogen-bond donors (Lipinski definition) is 1. The summed E-state index contributed by atoms with van der Waals surface area (Å²) >= 11 is 7.45. The summed E-state index contributed by atoms with van der Waals surface area (Å²) in [5.74, 6) is 1.04. The number of nitrogens with zero attached hydrogens (tertiary/aromatic N) is 3. The molecule has 1 aliphatic heterocycles. The molecule has 1 fully saturated rings. The van der Waals surface area contributed by atoms with Crippen molar-refractivity contribution in [3.63, 3.8) is 0 Å². The zero-order chi connectivity index (χ0) is 17.6. The second-order valence-corrected chi connectivity index (χ2v) is 7.17. The summed E-state index contributed by atoms with van der Waals surface area (Å²) in [4.78, 5) is 12.0. The SMILES string of the molecule is CCn1c(SCC(=O)NCC2CCCO2)nnc1-c1cccc(Cl)c1. The highest BCUT2D eigenvalue weighted by Crippen LogP contribution is 2.25. The Morgan fingerprint density at radius 1 is 1.48 bits per heavy atom. The fraction of sp³-hybridized carbons (Fsp3) is 0.471. The monoisotopic (exact) mass is 380 g/mol. The molecule has 0 spiro atoms. The van der Waals surface area contributed by atoms with Gasteiger partial charge in [0, 0.05) is 30.3 Å². The van der Waals surface area contributed by atoms with Crippen LogP contribution in [0.5, 0.6) is 0 Å². The van der Waals surface area contributed by atoms with Crippen LogP contribution in [-0.2, 0) is 16.1 Å². The van der Waals surface area contributed by atoms with Gasteiger partial charge < -0.3 is 14.6 Å². The number of nitrogens with one attached hydrogen (secondary N) is 1. The van der Waals surface area contributed by atoms with Gasteiger partial charge in [0.2, 0.25) is 5.91 Å². The summed E-state index contributed by atoms with van der Waals surface area (Å²) in [6.45, 7) is 4.11. The number of amides is 1. The molecule has 0 saturated carbocycles. The minimum Gasteiger partial charge on any atom is -0.376 e. The van der Waals surface area contributed by atoms with Crippen molar-refractivity contribution in [2.45, 2.75) is 37.6 Å². The van der Waals surface area contributed by atoms with E-state index in [0.717, 1.165) is 36.0 Å². The number of rotatable bonds is 7. The van der Waals surface area contributed by atoms with Crippen LogP contribution >= 0.6 is 23.4 Å². The summed E-state index contributed by atoms with van der Waals surface area (Å²) in [5, 5.41) is 12.8. The Bertz CT molecular complexity index is 731. The van der Waals surface area contributed by atoms with Crippen LogP contribution in [0.2, 0.25) is 5.02 Å². The van der Waals surface area contributed by atoms with Crippen molar-refractivity contribution in [3.8, 4) is 11.4 Å². The first-order valence-electron chi connectivity index (χ1n) is 8.37. The fourth-order valence-corrected chi connectivity index (χ4v) is 3.76. The van der Waals surface area contributed by atoms with Gasteiger partial charge in [-0.1, -0.05) is 35.5 Å². The number of halogens is 1. The van der Waals surface area contributed by atoms with Crippen molar-refractivity contribution in [3.05, 3.63) is 29.3 Å². The third-order valence-electron chi connectivity index (χ3n) is 4.00. The molecule has 0 bridgehead atoms. The molecule has 134 valence electrons. The van der Waals surface area contributed by atoms with Crippen LogP contribution in [0.15, 0.2) is 29.4 Å². The molecule has 2 aromatic rings. The maximum atomic E-state index is 12.0. The van der Waals surface area contributed by atoms with Crippen LogP contribution < -0.4 is 5.32 Å². The molecule has 1 aromatic carbocycles. The predicted octanol–water partition coefficient (Wildman–Crippen LogP) is 3.01. The van der Waals surface area contributed by atoms with Crippen molar-refractivity contribution in [2.24, 2.45) is 0 Å². The van der Waals surface area contributed by atoms with Gasteiger partial charge in [-0.3, -0.25) is 4.79 Å². The van der Waals surface area contributed by atoms with Crippen LogP contribution in [0, 0.1) is 0 Å². The number of aromatic nitrogens is 3. The number of benzene rings is 1. The molecule has 1 atom stereocenters. The largest absolute Gasteiger partial charge is 0.376 e. The normalized spacial score (nSPS) is 17.0. The summed E-state index contributed by atoms with van der Waals surface area (Å²) in [7, 11) is 0. The van der Waals surface area contributed by atoms with Gasteiger partial charge in [0.15, 0.2) is 11.0 Å². The molecule has 0 radical (unpaired) electrons. The summed E-state index contributed by atoms with van der Waals surface area (Å²) in [5.41, 5.74) is 0.913. The highest BCUT2D eigenvalue weighted by atomic mass is 35.5. The Morgan fingerprint density at radius 3 is 3.08 bits per heavy atom. The maximum absolute atomic E-state index is 12.0. The predicted molar refractivity (Wildman–Crippen MR) is 98.8 cm³/mol. The van der Waals surface area contributed by atoms with E-state index in [1.807, 2.05) is 35.8 Å². The first-order valence-corrected chi connectivity index (χ1v) is 9.74. The number of carbonyl (C=O) groups is 1. The number of ether oxygens (including phenoxy) is 1. The average molecular weight is 381 g/mol. The Labute approximate surface area is 156 Å². The zero-order valence-corrected chi connectivity index (χ0v) is 15.6. The summed E-state index contributed by atoms with van der Waals surface area (Å²) in [6.07, 6.45) is 2.24. The lowest BCUT2D eigenvalue weighted by Gasteiger charge is -2.11. The highest BCUT2D eigenvalue weighted by molar-refractivity contribution is 7.99. The topological polar surface area (TPSA) is 69.0 Å². The van der Waals surface area contributed by atoms with Crippen LogP contribution in [0.3, 0.4) is 0 Å². The van der Waals surface area contributed by atoms with Crippen molar-refractivity contribution in [1.29, 1.82) is 0 Å². The van der Waals surface area contributed by atoms with E-state index in [-0.39, 0.29) is 12.0 Å². The molecule has 2 heterocycles. The molecule has 3 rings (SSSR count). The lowest BCUT2D eigenvalue weighted by molar-refractivity contribution is -0.119. The second-order valence-electron chi connectivity index (χ2n) is 5.79. The van der Waals surface area contributed by atoms with E-state index in [1.54, 1.807) is 0 Å². The van der Waals surface area contributed by atoms with Gasteiger partial charge in [0.05, 0.1) is 11.9 Å². The van der Waals surface area contributed by atoms with Crippen LogP contribution in [-0.4, -0.2) is 45.7 Å². The molecule has 8 heteroatoms. The molecule has 1 amide bonds. The van der Waals surface area contributed by atoms with E-state index in [4.69, 9.17) is 16.3 Å². The van der Waals surface area contributed by atoms with Crippen molar-refractivity contribution >= 4 is 29.3 Å². The van der Waals surface area contributed by atoms with E-state index in [1.165, 1.54) is 11.8 Å². The van der Waals surface area contributed by atoms with Gasteiger partial charge in [-0.05, 0) is 31.9 Å². The molecule has 1 N–H and O–H groups in total. The van der Waals surface area contributed by atoms with Crippen LogP contribution in [0.4, 0.5) is 0 Å². The van der Waals surface area contributed by atoms with Crippen molar-refractivity contribution < 1.29 is 9.53 Å². The standard InChI is InChI=1S/C17H21ClN4O2S/c1-2-22-16(12-5-3-6-13(18)9-12)20-21-17(22)25-11-15(23)19-10-14-7-4-8-24-14/h3,5-6,9,14H,2,4,7-8,10-11H2,1H3,(H,19,23). The van der Waals surface area contributed by atoms with Gasteiger partial charge in [-0.15, -0.1) is 10.2 Å². The third kappa shape index (κ3) is 4.74. The molecule has 0 aliphatic carbocycles. The molecular formula is C17H21ClN4O2S. The molecule has 1 saturated heterocycles. The minimum absolute atomic E-state index is 0.0181. The Kier molecular flexibility index (Phi) is 6.34. The fourth-order valence-electron chi connectivity index (χ4n) is 2.74. The van der Waals surface area contributed by atoms with Crippen LogP contribution in [0.1, 0.15) is 19.8 Å². The van der Waals surface area contributed by atoms with E-state index in [0.29, 0.717) is 23.9 Å². The average Bonchev–Trinajstić information content (AvgIpc) is 3.27. The first kappa shape index (κ1) is 18.2. The molecular weight excluding hydrogens is 360 g/mol. The number of carbonyl (C=O) groups excluding carboxylic acids is 1. The smallest absolute Gasteiger partial charge is 0.230 e. The van der Waals surface area contributed by atoms with E-state index >= 15 is 0 Å². The Hall–Kier alpha value is -1.57. The highest BCUT2D eigenvalue weighted by Gasteiger charge is 2.17. The van der Waals surface area contributed by atoms with E-state index in [2.05, 4.69) is 15.5 Å². The van der Waals surface area contributed by atoms with Gasteiger partial charge >= 0.3 is 0 Å². The molecule has 1 aromatic heterocycles. The second kappa shape index (κ2) is 8.69. The van der Waals surface area contributed by atoms with E-state index in [9.17, 15) is 4.79 Å². The van der Waals surface area contributed by atoms with Gasteiger partial charge in [-0.25, -0.2) is 0 Å².